The Labute approximate surface area is 129 Å². The van der Waals surface area contributed by atoms with Crippen molar-refractivity contribution in [2.45, 2.75) is 12.5 Å². The van der Waals surface area contributed by atoms with Gasteiger partial charge in [-0.3, -0.25) is 0 Å². The molecule has 1 saturated heterocycles. The van der Waals surface area contributed by atoms with Crippen LogP contribution in [0.1, 0.15) is 17.2 Å². The molecule has 2 aromatic rings. The van der Waals surface area contributed by atoms with Crippen LogP contribution in [0.2, 0.25) is 0 Å². The summed E-state index contributed by atoms with van der Waals surface area (Å²) in [4.78, 5) is 0. The van der Waals surface area contributed by atoms with E-state index in [1.165, 1.54) is 0 Å². The van der Waals surface area contributed by atoms with E-state index in [1.54, 1.807) is 24.3 Å². The third-order valence-corrected chi connectivity index (χ3v) is 4.35. The molecule has 116 valence electrons. The highest BCUT2D eigenvalue weighted by Crippen LogP contribution is 2.40. The van der Waals surface area contributed by atoms with Crippen molar-refractivity contribution in [2.24, 2.45) is 11.8 Å². The Kier molecular flexibility index (Phi) is 4.32. The molecule has 1 aliphatic rings. The van der Waals surface area contributed by atoms with Crippen molar-refractivity contribution < 1.29 is 20.1 Å². The molecule has 0 aromatic heterocycles. The number of aliphatic hydroxyl groups excluding tert-OH is 1. The zero-order valence-corrected chi connectivity index (χ0v) is 12.2. The molecule has 1 aliphatic heterocycles. The summed E-state index contributed by atoms with van der Waals surface area (Å²) < 4.78 is 5.90. The summed E-state index contributed by atoms with van der Waals surface area (Å²) in [6.07, 6.45) is 0.660. The SMILES string of the molecule is OC[C@@H]1[C@@H](Cc2ccc(O)cc2)CO[C@H]1c1ccc(O)cc1. The number of aromatic hydroxyl groups is 2. The predicted molar refractivity (Wildman–Crippen MR) is 82.7 cm³/mol. The number of benzene rings is 2. The van der Waals surface area contributed by atoms with E-state index >= 15 is 0 Å². The summed E-state index contributed by atoms with van der Waals surface area (Å²) in [7, 11) is 0. The van der Waals surface area contributed by atoms with Gasteiger partial charge in [-0.2, -0.15) is 0 Å². The van der Waals surface area contributed by atoms with E-state index in [0.29, 0.717) is 6.61 Å². The van der Waals surface area contributed by atoms with Crippen LogP contribution in [-0.4, -0.2) is 28.5 Å². The van der Waals surface area contributed by atoms with Gasteiger partial charge in [0, 0.05) is 12.5 Å². The summed E-state index contributed by atoms with van der Waals surface area (Å²) in [5, 5.41) is 28.5. The molecule has 0 radical (unpaired) electrons. The Morgan fingerprint density at radius 3 is 2.09 bits per heavy atom. The number of ether oxygens (including phenoxy) is 1. The first-order valence-corrected chi connectivity index (χ1v) is 7.46. The molecule has 1 heterocycles. The molecule has 3 rings (SSSR count). The second kappa shape index (κ2) is 6.38. The Morgan fingerprint density at radius 2 is 1.50 bits per heavy atom. The number of phenols is 2. The fourth-order valence-electron chi connectivity index (χ4n) is 3.12. The molecule has 1 fully saturated rings. The highest BCUT2D eigenvalue weighted by Gasteiger charge is 2.37. The first-order valence-electron chi connectivity index (χ1n) is 7.46. The number of hydrogen-bond donors (Lipinski definition) is 3. The Balaban J connectivity index is 1.74. The van der Waals surface area contributed by atoms with E-state index in [0.717, 1.165) is 17.5 Å². The predicted octanol–water partition coefficient (Wildman–Crippen LogP) is 2.64. The highest BCUT2D eigenvalue weighted by atomic mass is 16.5. The van der Waals surface area contributed by atoms with E-state index in [9.17, 15) is 15.3 Å². The molecule has 4 heteroatoms. The van der Waals surface area contributed by atoms with Crippen LogP contribution in [0.5, 0.6) is 11.5 Å². The zero-order chi connectivity index (χ0) is 15.5. The van der Waals surface area contributed by atoms with Gasteiger partial charge >= 0.3 is 0 Å². The Morgan fingerprint density at radius 1 is 0.909 bits per heavy atom. The Bertz CT molecular complexity index is 606. The van der Waals surface area contributed by atoms with Crippen molar-refractivity contribution in [3.8, 4) is 11.5 Å². The van der Waals surface area contributed by atoms with Gasteiger partial charge in [0.15, 0.2) is 0 Å². The van der Waals surface area contributed by atoms with Gasteiger partial charge < -0.3 is 20.1 Å². The lowest BCUT2D eigenvalue weighted by Crippen LogP contribution is -2.21. The minimum atomic E-state index is -0.146. The first-order chi connectivity index (χ1) is 10.7. The molecule has 0 saturated carbocycles. The van der Waals surface area contributed by atoms with Crippen LogP contribution in [0.15, 0.2) is 48.5 Å². The van der Waals surface area contributed by atoms with Gasteiger partial charge in [0.2, 0.25) is 0 Å². The fourth-order valence-corrected chi connectivity index (χ4v) is 3.12. The average molecular weight is 300 g/mol. The molecule has 0 unspecified atom stereocenters. The van der Waals surface area contributed by atoms with Crippen LogP contribution < -0.4 is 0 Å². The lowest BCUT2D eigenvalue weighted by molar-refractivity contribution is 0.0719. The third-order valence-electron chi connectivity index (χ3n) is 4.35. The quantitative estimate of drug-likeness (QED) is 0.812. The van der Waals surface area contributed by atoms with Crippen LogP contribution in [0, 0.1) is 11.8 Å². The van der Waals surface area contributed by atoms with Gasteiger partial charge in [0.05, 0.1) is 12.7 Å². The van der Waals surface area contributed by atoms with Crippen molar-refractivity contribution in [3.05, 3.63) is 59.7 Å². The molecule has 0 bridgehead atoms. The molecule has 4 nitrogen and oxygen atoms in total. The van der Waals surface area contributed by atoms with E-state index in [4.69, 9.17) is 4.74 Å². The first kappa shape index (κ1) is 14.9. The van der Waals surface area contributed by atoms with Crippen molar-refractivity contribution in [3.63, 3.8) is 0 Å². The topological polar surface area (TPSA) is 69.9 Å². The summed E-state index contributed by atoms with van der Waals surface area (Å²) in [5.74, 6) is 0.738. The van der Waals surface area contributed by atoms with Crippen molar-refractivity contribution >= 4 is 0 Å². The van der Waals surface area contributed by atoms with Crippen LogP contribution in [0.3, 0.4) is 0 Å². The smallest absolute Gasteiger partial charge is 0.115 e. The summed E-state index contributed by atoms with van der Waals surface area (Å²) in [6.45, 7) is 0.659. The Hall–Kier alpha value is -2.04. The standard InChI is InChI=1S/C18H20O4/c19-10-17-14(9-12-1-5-15(20)6-2-12)11-22-18(17)13-3-7-16(21)8-4-13/h1-8,14,17-21H,9-11H2/t14-,17+,18-/m0/s1. The average Bonchev–Trinajstić information content (AvgIpc) is 2.93. The van der Waals surface area contributed by atoms with E-state index in [1.807, 2.05) is 24.3 Å². The van der Waals surface area contributed by atoms with Gasteiger partial charge in [-0.15, -0.1) is 0 Å². The number of rotatable bonds is 4. The number of aliphatic hydroxyl groups is 1. The third kappa shape index (κ3) is 3.08. The molecule has 3 atom stereocenters. The monoisotopic (exact) mass is 300 g/mol. The van der Waals surface area contributed by atoms with E-state index in [2.05, 4.69) is 0 Å². The van der Waals surface area contributed by atoms with Crippen molar-refractivity contribution in [2.75, 3.05) is 13.2 Å². The minimum absolute atomic E-state index is 0.0262. The normalized spacial score (nSPS) is 24.5. The number of phenolic OH excluding ortho intramolecular Hbond substituents is 2. The largest absolute Gasteiger partial charge is 0.508 e. The minimum Gasteiger partial charge on any atom is -0.508 e. The summed E-state index contributed by atoms with van der Waals surface area (Å²) in [5.41, 5.74) is 2.10. The fraction of sp³-hybridized carbons (Fsp3) is 0.333. The van der Waals surface area contributed by atoms with Gasteiger partial charge in [0.25, 0.3) is 0 Å². The molecular weight excluding hydrogens is 280 g/mol. The van der Waals surface area contributed by atoms with Crippen LogP contribution in [0.25, 0.3) is 0 Å². The van der Waals surface area contributed by atoms with Crippen LogP contribution in [0.4, 0.5) is 0 Å². The second-order valence-corrected chi connectivity index (χ2v) is 5.82. The number of hydrogen-bond acceptors (Lipinski definition) is 4. The maximum Gasteiger partial charge on any atom is 0.115 e. The van der Waals surface area contributed by atoms with E-state index in [-0.39, 0.29) is 36.0 Å². The molecule has 3 N–H and O–H groups in total. The molecular formula is C18H20O4. The van der Waals surface area contributed by atoms with Crippen molar-refractivity contribution in [1.29, 1.82) is 0 Å². The van der Waals surface area contributed by atoms with Gasteiger partial charge in [-0.05, 0) is 47.7 Å². The maximum absolute atomic E-state index is 9.78. The van der Waals surface area contributed by atoms with Gasteiger partial charge in [0.1, 0.15) is 11.5 Å². The lowest BCUT2D eigenvalue weighted by Gasteiger charge is -2.21. The lowest BCUT2D eigenvalue weighted by atomic mass is 9.84. The van der Waals surface area contributed by atoms with Gasteiger partial charge in [-0.25, -0.2) is 0 Å². The molecule has 0 aliphatic carbocycles. The zero-order valence-electron chi connectivity index (χ0n) is 12.2. The highest BCUT2D eigenvalue weighted by molar-refractivity contribution is 5.29. The summed E-state index contributed by atoms with van der Waals surface area (Å²) >= 11 is 0. The second-order valence-electron chi connectivity index (χ2n) is 5.82. The molecule has 22 heavy (non-hydrogen) atoms. The van der Waals surface area contributed by atoms with E-state index < -0.39 is 0 Å². The van der Waals surface area contributed by atoms with Crippen LogP contribution >= 0.6 is 0 Å². The maximum atomic E-state index is 9.78. The molecule has 0 amide bonds. The van der Waals surface area contributed by atoms with Gasteiger partial charge in [-0.1, -0.05) is 24.3 Å². The van der Waals surface area contributed by atoms with Crippen molar-refractivity contribution in [1.82, 2.24) is 0 Å². The van der Waals surface area contributed by atoms with Crippen LogP contribution in [-0.2, 0) is 11.2 Å². The summed E-state index contributed by atoms with van der Waals surface area (Å²) in [6, 6.07) is 14.1. The molecule has 0 spiro atoms. The molecule has 2 aromatic carbocycles.